The summed E-state index contributed by atoms with van der Waals surface area (Å²) in [6, 6.07) is 12.3. The van der Waals surface area contributed by atoms with E-state index in [1.165, 1.54) is 11.1 Å². The van der Waals surface area contributed by atoms with Crippen LogP contribution in [0.2, 0.25) is 0 Å². The highest BCUT2D eigenvalue weighted by Gasteiger charge is 2.25. The number of rotatable bonds is 3. The minimum Gasteiger partial charge on any atom is -0.351 e. The van der Waals surface area contributed by atoms with Crippen LogP contribution >= 0.6 is 0 Å². The molecule has 0 fully saturated rings. The third-order valence-electron chi connectivity index (χ3n) is 5.75. The van der Waals surface area contributed by atoms with Crippen molar-refractivity contribution in [3.63, 3.8) is 0 Å². The van der Waals surface area contributed by atoms with E-state index in [0.717, 1.165) is 24.1 Å². The summed E-state index contributed by atoms with van der Waals surface area (Å²) >= 11 is 0. The summed E-state index contributed by atoms with van der Waals surface area (Å²) in [5.41, 5.74) is 5.83. The fraction of sp³-hybridized carbons (Fsp3) is 0.250. The molecule has 6 heteroatoms. The molecule has 0 bridgehead atoms. The van der Waals surface area contributed by atoms with Crippen LogP contribution in [0, 0.1) is 12.3 Å². The minimum atomic E-state index is -0.102. The van der Waals surface area contributed by atoms with Gasteiger partial charge in [-0.15, -0.1) is 6.42 Å². The molecule has 148 valence electrons. The number of nitrogens with one attached hydrogen (secondary N) is 1. The Morgan fingerprint density at radius 2 is 1.87 bits per heavy atom. The number of terminal acetylenes is 1. The van der Waals surface area contributed by atoms with E-state index < -0.39 is 0 Å². The second-order valence-corrected chi connectivity index (χ2v) is 7.74. The normalized spacial score (nSPS) is 15.2. The number of carbonyl (C=O) groups is 1. The Labute approximate surface area is 175 Å². The van der Waals surface area contributed by atoms with Gasteiger partial charge in [-0.05, 0) is 36.1 Å². The fourth-order valence-corrected chi connectivity index (χ4v) is 4.17. The number of hydrogen-bond donors (Lipinski definition) is 1. The predicted molar refractivity (Wildman–Crippen MR) is 114 cm³/mol. The van der Waals surface area contributed by atoms with Crippen LogP contribution in [0.3, 0.4) is 0 Å². The van der Waals surface area contributed by atoms with E-state index in [2.05, 4.69) is 45.5 Å². The Balaban J connectivity index is 1.26. The van der Waals surface area contributed by atoms with Gasteiger partial charge in [0.2, 0.25) is 5.95 Å². The number of benzene rings is 1. The molecule has 0 saturated heterocycles. The van der Waals surface area contributed by atoms with Crippen molar-refractivity contribution in [2.75, 3.05) is 11.9 Å². The number of aromatic nitrogens is 3. The average Bonchev–Trinajstić information content (AvgIpc) is 3.20. The first-order chi connectivity index (χ1) is 14.7. The summed E-state index contributed by atoms with van der Waals surface area (Å²) < 4.78 is 0. The molecule has 1 aliphatic carbocycles. The van der Waals surface area contributed by atoms with Gasteiger partial charge in [0.05, 0.1) is 5.69 Å². The largest absolute Gasteiger partial charge is 0.351 e. The van der Waals surface area contributed by atoms with Gasteiger partial charge < -0.3 is 10.2 Å². The molecule has 3 aromatic rings. The van der Waals surface area contributed by atoms with Gasteiger partial charge in [-0.1, -0.05) is 30.2 Å². The van der Waals surface area contributed by atoms with Crippen LogP contribution in [0.15, 0.2) is 48.8 Å². The summed E-state index contributed by atoms with van der Waals surface area (Å²) in [4.78, 5) is 28.0. The van der Waals surface area contributed by atoms with E-state index in [1.807, 2.05) is 6.20 Å². The maximum Gasteiger partial charge on any atom is 0.272 e. The lowest BCUT2D eigenvalue weighted by molar-refractivity contribution is 0.0727. The average molecular weight is 395 g/mol. The van der Waals surface area contributed by atoms with Crippen LogP contribution in [-0.2, 0) is 25.8 Å². The molecule has 2 aliphatic rings. The van der Waals surface area contributed by atoms with E-state index in [1.54, 1.807) is 23.2 Å². The van der Waals surface area contributed by atoms with Crippen molar-refractivity contribution in [2.24, 2.45) is 0 Å². The van der Waals surface area contributed by atoms with E-state index >= 15 is 0 Å². The SMILES string of the molecule is C#Cc1ccc(C(=O)N2CCc3nc(NC4Cc5ccccc5C4)ncc3C2)nc1. The van der Waals surface area contributed by atoms with Gasteiger partial charge in [0, 0.05) is 49.1 Å². The second-order valence-electron chi connectivity index (χ2n) is 7.74. The van der Waals surface area contributed by atoms with Crippen LogP contribution in [0.1, 0.15) is 38.4 Å². The summed E-state index contributed by atoms with van der Waals surface area (Å²) in [7, 11) is 0. The molecule has 6 nitrogen and oxygen atoms in total. The van der Waals surface area contributed by atoms with Gasteiger partial charge in [0.25, 0.3) is 5.91 Å². The summed E-state index contributed by atoms with van der Waals surface area (Å²) in [5, 5.41) is 3.48. The van der Waals surface area contributed by atoms with E-state index in [9.17, 15) is 4.79 Å². The molecule has 1 N–H and O–H groups in total. The number of anilines is 1. The molecular weight excluding hydrogens is 374 g/mol. The zero-order chi connectivity index (χ0) is 20.5. The molecule has 1 amide bonds. The fourth-order valence-electron chi connectivity index (χ4n) is 4.17. The third kappa shape index (κ3) is 3.50. The van der Waals surface area contributed by atoms with Crippen molar-refractivity contribution in [2.45, 2.75) is 31.8 Å². The zero-order valence-corrected chi connectivity index (χ0v) is 16.5. The van der Waals surface area contributed by atoms with Gasteiger partial charge in [-0.3, -0.25) is 4.79 Å². The predicted octanol–water partition coefficient (Wildman–Crippen LogP) is 2.63. The van der Waals surface area contributed by atoms with Crippen LogP contribution in [-0.4, -0.2) is 38.3 Å². The molecule has 2 aromatic heterocycles. The second kappa shape index (κ2) is 7.60. The zero-order valence-electron chi connectivity index (χ0n) is 16.5. The maximum absolute atomic E-state index is 12.8. The number of nitrogens with zero attached hydrogens (tertiary/aromatic N) is 4. The highest BCUT2D eigenvalue weighted by Crippen LogP contribution is 2.25. The van der Waals surface area contributed by atoms with Crippen LogP contribution in [0.25, 0.3) is 0 Å². The smallest absolute Gasteiger partial charge is 0.272 e. The van der Waals surface area contributed by atoms with E-state index in [-0.39, 0.29) is 5.91 Å². The molecule has 0 spiro atoms. The van der Waals surface area contributed by atoms with Gasteiger partial charge >= 0.3 is 0 Å². The molecule has 30 heavy (non-hydrogen) atoms. The third-order valence-corrected chi connectivity index (χ3v) is 5.75. The Hall–Kier alpha value is -3.72. The van der Waals surface area contributed by atoms with Crippen molar-refractivity contribution >= 4 is 11.9 Å². The summed E-state index contributed by atoms with van der Waals surface area (Å²) in [6.45, 7) is 1.09. The van der Waals surface area contributed by atoms with Crippen molar-refractivity contribution < 1.29 is 4.79 Å². The number of hydrogen-bond acceptors (Lipinski definition) is 5. The molecule has 3 heterocycles. The molecule has 1 aliphatic heterocycles. The Morgan fingerprint density at radius 3 is 2.57 bits per heavy atom. The molecule has 5 rings (SSSR count). The number of carbonyl (C=O) groups excluding carboxylic acids is 1. The van der Waals surface area contributed by atoms with Gasteiger partial charge in [-0.2, -0.15) is 0 Å². The van der Waals surface area contributed by atoms with E-state index in [4.69, 9.17) is 11.4 Å². The quantitative estimate of drug-likeness (QED) is 0.691. The van der Waals surface area contributed by atoms with Crippen LogP contribution in [0.5, 0.6) is 0 Å². The van der Waals surface area contributed by atoms with Crippen molar-refractivity contribution in [1.29, 1.82) is 0 Å². The molecule has 0 saturated carbocycles. The number of pyridine rings is 1. The topological polar surface area (TPSA) is 71.0 Å². The summed E-state index contributed by atoms with van der Waals surface area (Å²) in [5.74, 6) is 3.07. The highest BCUT2D eigenvalue weighted by molar-refractivity contribution is 5.92. The lowest BCUT2D eigenvalue weighted by Crippen LogP contribution is -2.37. The first kappa shape index (κ1) is 18.3. The Bertz CT molecular complexity index is 1120. The standard InChI is InChI=1S/C24H21N5O/c1-2-16-7-8-22(25-13-16)23(30)29-10-9-21-19(15-29)14-26-24(28-21)27-20-11-17-5-3-4-6-18(17)12-20/h1,3-8,13-14,20H,9-12,15H2,(H,26,27,28). The van der Waals surface area contributed by atoms with Crippen molar-refractivity contribution in [3.05, 3.63) is 82.4 Å². The minimum absolute atomic E-state index is 0.102. The monoisotopic (exact) mass is 395 g/mol. The first-order valence-electron chi connectivity index (χ1n) is 10.1. The maximum atomic E-state index is 12.8. The first-order valence-corrected chi connectivity index (χ1v) is 10.1. The Kier molecular flexibility index (Phi) is 4.64. The van der Waals surface area contributed by atoms with E-state index in [0.29, 0.717) is 42.8 Å². The van der Waals surface area contributed by atoms with Crippen molar-refractivity contribution in [1.82, 2.24) is 19.9 Å². The molecule has 0 atom stereocenters. The lowest BCUT2D eigenvalue weighted by Gasteiger charge is -2.28. The van der Waals surface area contributed by atoms with Crippen LogP contribution in [0.4, 0.5) is 5.95 Å². The van der Waals surface area contributed by atoms with Gasteiger partial charge in [0.1, 0.15) is 5.69 Å². The molecule has 0 radical (unpaired) electrons. The summed E-state index contributed by atoms with van der Waals surface area (Å²) in [6.07, 6.45) is 11.4. The number of fused-ring (bicyclic) bond motifs is 2. The molecule has 0 unspecified atom stereocenters. The highest BCUT2D eigenvalue weighted by atomic mass is 16.2. The lowest BCUT2D eigenvalue weighted by atomic mass is 10.1. The van der Waals surface area contributed by atoms with Gasteiger partial charge in [0.15, 0.2) is 0 Å². The van der Waals surface area contributed by atoms with Crippen molar-refractivity contribution in [3.8, 4) is 12.3 Å². The molecular formula is C24H21N5O. The Morgan fingerprint density at radius 1 is 1.07 bits per heavy atom. The number of amides is 1. The van der Waals surface area contributed by atoms with Gasteiger partial charge in [-0.25, -0.2) is 15.0 Å². The molecule has 1 aromatic carbocycles. The van der Waals surface area contributed by atoms with Crippen LogP contribution < -0.4 is 5.32 Å².